The van der Waals surface area contributed by atoms with Gasteiger partial charge in [-0.2, -0.15) is 0 Å². The zero-order chi connectivity index (χ0) is 16.1. The molecule has 0 saturated carbocycles. The zero-order valence-electron chi connectivity index (χ0n) is 13.5. The number of benzene rings is 1. The second-order valence-electron chi connectivity index (χ2n) is 6.01. The number of hydrogen-bond donors (Lipinski definition) is 1. The molecule has 23 heavy (non-hydrogen) atoms. The van der Waals surface area contributed by atoms with E-state index in [1.54, 1.807) is 11.0 Å². The molecule has 1 aliphatic rings. The topological polar surface area (TPSA) is 63.1 Å². The van der Waals surface area contributed by atoms with Crippen LogP contribution in [0.15, 0.2) is 30.6 Å². The van der Waals surface area contributed by atoms with E-state index in [0.717, 1.165) is 30.9 Å². The molecule has 1 aromatic heterocycles. The number of rotatable bonds is 5. The Morgan fingerprint density at radius 3 is 2.87 bits per heavy atom. The summed E-state index contributed by atoms with van der Waals surface area (Å²) in [6.07, 6.45) is 5.42. The van der Waals surface area contributed by atoms with Gasteiger partial charge in [-0.3, -0.25) is 4.79 Å². The minimum atomic E-state index is -0.214. The van der Waals surface area contributed by atoms with Gasteiger partial charge in [0.1, 0.15) is 6.33 Å². The van der Waals surface area contributed by atoms with E-state index in [4.69, 9.17) is 0 Å². The number of aryl methyl sites for hydroxylation is 1. The summed E-state index contributed by atoms with van der Waals surface area (Å²) in [6.45, 7) is 5.82. The van der Waals surface area contributed by atoms with E-state index in [0.29, 0.717) is 6.54 Å². The SMILES string of the molecule is Cc1cccc(-n2cnc(C(=O)NCCN3CCCCC3)n2)c1. The molecule has 0 atom stereocenters. The van der Waals surface area contributed by atoms with Crippen LogP contribution in [0.1, 0.15) is 35.4 Å². The van der Waals surface area contributed by atoms with Gasteiger partial charge >= 0.3 is 0 Å². The molecule has 2 aromatic rings. The number of carbonyl (C=O) groups is 1. The van der Waals surface area contributed by atoms with Gasteiger partial charge in [0.05, 0.1) is 5.69 Å². The van der Waals surface area contributed by atoms with Crippen molar-refractivity contribution in [3.05, 3.63) is 42.0 Å². The van der Waals surface area contributed by atoms with Gasteiger partial charge < -0.3 is 10.2 Å². The summed E-state index contributed by atoms with van der Waals surface area (Å²) in [4.78, 5) is 18.6. The van der Waals surface area contributed by atoms with Crippen LogP contribution < -0.4 is 5.32 Å². The van der Waals surface area contributed by atoms with Gasteiger partial charge in [0.25, 0.3) is 5.91 Å². The van der Waals surface area contributed by atoms with E-state index in [-0.39, 0.29) is 11.7 Å². The third kappa shape index (κ3) is 4.16. The average Bonchev–Trinajstić information content (AvgIpc) is 3.06. The Morgan fingerprint density at radius 2 is 2.09 bits per heavy atom. The van der Waals surface area contributed by atoms with Crippen LogP contribution in [-0.2, 0) is 0 Å². The monoisotopic (exact) mass is 313 g/mol. The first-order chi connectivity index (χ1) is 11.2. The maximum Gasteiger partial charge on any atom is 0.291 e. The highest BCUT2D eigenvalue weighted by molar-refractivity contribution is 5.90. The summed E-state index contributed by atoms with van der Waals surface area (Å²) >= 11 is 0. The van der Waals surface area contributed by atoms with Crippen LogP contribution in [0.2, 0.25) is 0 Å². The van der Waals surface area contributed by atoms with E-state index < -0.39 is 0 Å². The first-order valence-electron chi connectivity index (χ1n) is 8.21. The van der Waals surface area contributed by atoms with E-state index in [2.05, 4.69) is 20.3 Å². The molecular weight excluding hydrogens is 290 g/mol. The Kier molecular flexibility index (Phi) is 5.02. The van der Waals surface area contributed by atoms with E-state index in [1.165, 1.54) is 19.3 Å². The standard InChI is InChI=1S/C17H23N5O/c1-14-6-5-7-15(12-14)22-13-19-16(20-22)17(23)18-8-11-21-9-3-2-4-10-21/h5-7,12-13H,2-4,8-11H2,1H3,(H,18,23). The van der Waals surface area contributed by atoms with Crippen molar-refractivity contribution in [3.8, 4) is 5.69 Å². The van der Waals surface area contributed by atoms with E-state index >= 15 is 0 Å². The molecule has 0 unspecified atom stereocenters. The van der Waals surface area contributed by atoms with Gasteiger partial charge in [0.2, 0.25) is 5.82 Å². The molecule has 0 spiro atoms. The lowest BCUT2D eigenvalue weighted by molar-refractivity contribution is 0.0936. The molecule has 2 heterocycles. The third-order valence-electron chi connectivity index (χ3n) is 4.12. The highest BCUT2D eigenvalue weighted by Crippen LogP contribution is 2.09. The Balaban J connectivity index is 1.54. The average molecular weight is 313 g/mol. The third-order valence-corrected chi connectivity index (χ3v) is 4.12. The lowest BCUT2D eigenvalue weighted by Crippen LogP contribution is -2.37. The summed E-state index contributed by atoms with van der Waals surface area (Å²) in [5.74, 6) is -0.00133. The molecule has 1 aliphatic heterocycles. The van der Waals surface area contributed by atoms with Crippen molar-refractivity contribution in [3.63, 3.8) is 0 Å². The van der Waals surface area contributed by atoms with Crippen LogP contribution in [0.5, 0.6) is 0 Å². The van der Waals surface area contributed by atoms with Crippen LogP contribution in [-0.4, -0.2) is 51.8 Å². The number of carbonyl (C=O) groups excluding carboxylic acids is 1. The fraction of sp³-hybridized carbons (Fsp3) is 0.471. The normalized spacial score (nSPS) is 15.5. The molecule has 1 amide bonds. The summed E-state index contributed by atoms with van der Waals surface area (Å²) in [5.41, 5.74) is 2.05. The van der Waals surface area contributed by atoms with Crippen molar-refractivity contribution in [1.82, 2.24) is 25.0 Å². The first kappa shape index (κ1) is 15.7. The van der Waals surface area contributed by atoms with E-state index in [1.807, 2.05) is 31.2 Å². The fourth-order valence-corrected chi connectivity index (χ4v) is 2.85. The lowest BCUT2D eigenvalue weighted by Gasteiger charge is -2.26. The Morgan fingerprint density at radius 1 is 1.26 bits per heavy atom. The second-order valence-corrected chi connectivity index (χ2v) is 6.01. The largest absolute Gasteiger partial charge is 0.348 e. The van der Waals surface area contributed by atoms with Gasteiger partial charge in [-0.15, -0.1) is 5.10 Å². The Hall–Kier alpha value is -2.21. The number of aromatic nitrogens is 3. The molecule has 3 rings (SSSR count). The van der Waals surface area contributed by atoms with Crippen molar-refractivity contribution < 1.29 is 4.79 Å². The van der Waals surface area contributed by atoms with Crippen LogP contribution in [0, 0.1) is 6.92 Å². The van der Waals surface area contributed by atoms with Gasteiger partial charge in [0, 0.05) is 13.1 Å². The molecule has 0 aliphatic carbocycles. The number of hydrogen-bond acceptors (Lipinski definition) is 4. The van der Waals surface area contributed by atoms with Crippen LogP contribution >= 0.6 is 0 Å². The quantitative estimate of drug-likeness (QED) is 0.914. The molecule has 122 valence electrons. The van der Waals surface area contributed by atoms with Gasteiger partial charge in [-0.25, -0.2) is 9.67 Å². The second kappa shape index (κ2) is 7.37. The highest BCUT2D eigenvalue weighted by Gasteiger charge is 2.13. The number of amides is 1. The molecule has 1 saturated heterocycles. The molecule has 6 heteroatoms. The van der Waals surface area contributed by atoms with Gasteiger partial charge in [-0.05, 0) is 50.6 Å². The van der Waals surface area contributed by atoms with Crippen LogP contribution in [0.4, 0.5) is 0 Å². The number of piperidine rings is 1. The smallest absolute Gasteiger partial charge is 0.291 e. The van der Waals surface area contributed by atoms with Crippen molar-refractivity contribution in [2.24, 2.45) is 0 Å². The van der Waals surface area contributed by atoms with Crippen molar-refractivity contribution in [2.45, 2.75) is 26.2 Å². The number of nitrogens with zero attached hydrogens (tertiary/aromatic N) is 4. The van der Waals surface area contributed by atoms with Crippen molar-refractivity contribution >= 4 is 5.91 Å². The molecular formula is C17H23N5O. The molecule has 0 radical (unpaired) electrons. The lowest BCUT2D eigenvalue weighted by atomic mass is 10.1. The molecule has 1 fully saturated rings. The zero-order valence-corrected chi connectivity index (χ0v) is 13.5. The predicted octanol–water partition coefficient (Wildman–Crippen LogP) is 1.79. The maximum absolute atomic E-state index is 12.1. The van der Waals surface area contributed by atoms with Crippen molar-refractivity contribution in [1.29, 1.82) is 0 Å². The first-order valence-corrected chi connectivity index (χ1v) is 8.21. The fourth-order valence-electron chi connectivity index (χ4n) is 2.85. The minimum absolute atomic E-state index is 0.213. The Labute approximate surface area is 136 Å². The molecule has 1 N–H and O–H groups in total. The number of likely N-dealkylation sites (tertiary alicyclic amines) is 1. The summed E-state index contributed by atoms with van der Waals surface area (Å²) in [6, 6.07) is 7.94. The number of nitrogens with one attached hydrogen (secondary N) is 1. The van der Waals surface area contributed by atoms with Gasteiger partial charge in [-0.1, -0.05) is 18.6 Å². The predicted molar refractivity (Wildman–Crippen MR) is 88.7 cm³/mol. The van der Waals surface area contributed by atoms with Crippen molar-refractivity contribution in [2.75, 3.05) is 26.2 Å². The molecule has 1 aromatic carbocycles. The minimum Gasteiger partial charge on any atom is -0.348 e. The summed E-state index contributed by atoms with van der Waals surface area (Å²) < 4.78 is 1.63. The molecule has 6 nitrogen and oxygen atoms in total. The summed E-state index contributed by atoms with van der Waals surface area (Å²) in [5, 5.41) is 7.17. The molecule has 0 bridgehead atoms. The van der Waals surface area contributed by atoms with E-state index in [9.17, 15) is 4.79 Å². The summed E-state index contributed by atoms with van der Waals surface area (Å²) in [7, 11) is 0. The Bertz CT molecular complexity index is 661. The van der Waals surface area contributed by atoms with Crippen LogP contribution in [0.25, 0.3) is 5.69 Å². The van der Waals surface area contributed by atoms with Crippen LogP contribution in [0.3, 0.4) is 0 Å². The maximum atomic E-state index is 12.1. The highest BCUT2D eigenvalue weighted by atomic mass is 16.2. The van der Waals surface area contributed by atoms with Gasteiger partial charge in [0.15, 0.2) is 0 Å².